The van der Waals surface area contributed by atoms with E-state index in [1.807, 2.05) is 0 Å². The van der Waals surface area contributed by atoms with Gasteiger partial charge in [-0.2, -0.15) is 0 Å². The molecule has 1 aromatic rings. The Labute approximate surface area is 141 Å². The molecule has 0 heterocycles. The van der Waals surface area contributed by atoms with Crippen LogP contribution in [0.4, 0.5) is 5.69 Å². The molecule has 4 N–H and O–H groups in total. The predicted molar refractivity (Wildman–Crippen MR) is 86.8 cm³/mol. The maximum Gasteiger partial charge on any atom is 0.303 e. The predicted octanol–water partition coefficient (Wildman–Crippen LogP) is 1.16. The molecule has 0 aliphatic heterocycles. The molecule has 1 aromatic carbocycles. The third kappa shape index (κ3) is 6.24. The van der Waals surface area contributed by atoms with E-state index in [1.165, 1.54) is 12.1 Å². The van der Waals surface area contributed by atoms with Crippen molar-refractivity contribution in [2.45, 2.75) is 30.7 Å². The van der Waals surface area contributed by atoms with Crippen LogP contribution in [0.3, 0.4) is 0 Å². The van der Waals surface area contributed by atoms with Gasteiger partial charge in [0.05, 0.1) is 15.6 Å². The van der Waals surface area contributed by atoms with Gasteiger partial charge in [0.25, 0.3) is 5.69 Å². The molecule has 0 aromatic heterocycles. The SMILES string of the molecule is CC(CCC(=O)O)NC(=O)CSc1ccc(C(N)=O)cc1[N+](=O)[O-]. The zero-order valence-corrected chi connectivity index (χ0v) is 13.7. The van der Waals surface area contributed by atoms with Gasteiger partial charge in [-0.1, -0.05) is 0 Å². The van der Waals surface area contributed by atoms with Crippen molar-refractivity contribution in [3.05, 3.63) is 33.9 Å². The van der Waals surface area contributed by atoms with Crippen LogP contribution in [0, 0.1) is 10.1 Å². The van der Waals surface area contributed by atoms with Crippen LogP contribution in [0.2, 0.25) is 0 Å². The molecule has 0 saturated heterocycles. The van der Waals surface area contributed by atoms with Crippen molar-refractivity contribution in [3.8, 4) is 0 Å². The highest BCUT2D eigenvalue weighted by atomic mass is 32.2. The fourth-order valence-electron chi connectivity index (χ4n) is 1.81. The van der Waals surface area contributed by atoms with Gasteiger partial charge < -0.3 is 16.2 Å². The number of carbonyl (C=O) groups excluding carboxylic acids is 2. The molecular weight excluding hydrogens is 338 g/mol. The number of carbonyl (C=O) groups is 3. The average Bonchev–Trinajstić information content (AvgIpc) is 2.50. The number of nitrogens with one attached hydrogen (secondary N) is 1. The number of carboxylic acids is 1. The molecule has 0 bridgehead atoms. The van der Waals surface area contributed by atoms with Crippen molar-refractivity contribution < 1.29 is 24.4 Å². The van der Waals surface area contributed by atoms with Gasteiger partial charge in [-0.25, -0.2) is 0 Å². The van der Waals surface area contributed by atoms with Crippen molar-refractivity contribution in [3.63, 3.8) is 0 Å². The van der Waals surface area contributed by atoms with E-state index in [-0.39, 0.29) is 40.3 Å². The van der Waals surface area contributed by atoms with Crippen LogP contribution >= 0.6 is 11.8 Å². The number of nitrogens with zero attached hydrogens (tertiary/aromatic N) is 1. The molecule has 0 spiro atoms. The highest BCUT2D eigenvalue weighted by Crippen LogP contribution is 2.29. The Morgan fingerprint density at radius 2 is 2.08 bits per heavy atom. The molecule has 24 heavy (non-hydrogen) atoms. The fourth-order valence-corrected chi connectivity index (χ4v) is 2.62. The molecular formula is C14H17N3O6S. The summed E-state index contributed by atoms with van der Waals surface area (Å²) in [4.78, 5) is 44.0. The molecule has 2 amide bonds. The zero-order valence-electron chi connectivity index (χ0n) is 12.9. The molecule has 10 heteroatoms. The first-order valence-electron chi connectivity index (χ1n) is 6.93. The molecule has 9 nitrogen and oxygen atoms in total. The van der Waals surface area contributed by atoms with Gasteiger partial charge in [-0.15, -0.1) is 11.8 Å². The number of rotatable bonds is 9. The van der Waals surface area contributed by atoms with Crippen LogP contribution in [0.5, 0.6) is 0 Å². The largest absolute Gasteiger partial charge is 0.481 e. The minimum Gasteiger partial charge on any atom is -0.481 e. The smallest absolute Gasteiger partial charge is 0.303 e. The van der Waals surface area contributed by atoms with Crippen LogP contribution in [-0.4, -0.2) is 39.6 Å². The summed E-state index contributed by atoms with van der Waals surface area (Å²) in [6, 6.07) is 3.47. The first-order chi connectivity index (χ1) is 11.2. The van der Waals surface area contributed by atoms with Crippen LogP contribution in [-0.2, 0) is 9.59 Å². The summed E-state index contributed by atoms with van der Waals surface area (Å²) in [7, 11) is 0. The molecule has 0 radical (unpaired) electrons. The maximum absolute atomic E-state index is 11.8. The second-order valence-corrected chi connectivity index (χ2v) is 6.01. The Morgan fingerprint density at radius 1 is 1.42 bits per heavy atom. The van der Waals surface area contributed by atoms with E-state index in [1.54, 1.807) is 6.92 Å². The van der Waals surface area contributed by atoms with Gasteiger partial charge in [0, 0.05) is 24.1 Å². The van der Waals surface area contributed by atoms with Gasteiger partial charge in [0.15, 0.2) is 0 Å². The van der Waals surface area contributed by atoms with Crippen LogP contribution in [0.15, 0.2) is 23.1 Å². The number of hydrogen-bond donors (Lipinski definition) is 3. The Balaban J connectivity index is 2.66. The van der Waals surface area contributed by atoms with Crippen molar-refractivity contribution >= 4 is 35.2 Å². The van der Waals surface area contributed by atoms with Gasteiger partial charge in [0.2, 0.25) is 11.8 Å². The number of aliphatic carboxylic acids is 1. The fraction of sp³-hybridized carbons (Fsp3) is 0.357. The van der Waals surface area contributed by atoms with E-state index < -0.39 is 16.8 Å². The third-order valence-corrected chi connectivity index (χ3v) is 4.06. The Bertz CT molecular complexity index is 664. The molecule has 0 aliphatic carbocycles. The zero-order chi connectivity index (χ0) is 18.3. The monoisotopic (exact) mass is 355 g/mol. The molecule has 1 unspecified atom stereocenters. The molecule has 0 fully saturated rings. The average molecular weight is 355 g/mol. The molecule has 1 atom stereocenters. The Morgan fingerprint density at radius 3 is 2.62 bits per heavy atom. The summed E-state index contributed by atoms with van der Waals surface area (Å²) in [6.07, 6.45) is 0.230. The second-order valence-electron chi connectivity index (χ2n) is 4.99. The van der Waals surface area contributed by atoms with Crippen molar-refractivity contribution in [1.82, 2.24) is 5.32 Å². The minimum absolute atomic E-state index is 0.0118. The lowest BCUT2D eigenvalue weighted by Crippen LogP contribution is -2.34. The molecule has 0 saturated carbocycles. The lowest BCUT2D eigenvalue weighted by molar-refractivity contribution is -0.387. The van der Waals surface area contributed by atoms with Gasteiger partial charge in [-0.05, 0) is 25.5 Å². The minimum atomic E-state index is -0.948. The summed E-state index contributed by atoms with van der Waals surface area (Å²) in [6.45, 7) is 1.68. The van der Waals surface area contributed by atoms with Crippen molar-refractivity contribution in [2.75, 3.05) is 5.75 Å². The molecule has 0 aliphatic rings. The number of carboxylic acid groups (broad SMARTS) is 1. The number of thioether (sulfide) groups is 1. The summed E-state index contributed by atoms with van der Waals surface area (Å²) in [5, 5.41) is 22.2. The standard InChI is InChI=1S/C14H17N3O6S/c1-8(2-5-13(19)20)16-12(18)7-24-11-4-3-9(14(15)21)6-10(11)17(22)23/h3-4,6,8H,2,5,7H2,1H3,(H2,15,21)(H,16,18)(H,19,20). The summed E-state index contributed by atoms with van der Waals surface area (Å²) >= 11 is 0.948. The van der Waals surface area contributed by atoms with E-state index in [9.17, 15) is 24.5 Å². The molecule has 130 valence electrons. The highest BCUT2D eigenvalue weighted by molar-refractivity contribution is 8.00. The third-order valence-electron chi connectivity index (χ3n) is 3.00. The number of hydrogen-bond acceptors (Lipinski definition) is 6. The van der Waals surface area contributed by atoms with E-state index >= 15 is 0 Å². The summed E-state index contributed by atoms with van der Waals surface area (Å²) in [5.41, 5.74) is 4.79. The number of benzene rings is 1. The highest BCUT2D eigenvalue weighted by Gasteiger charge is 2.18. The first kappa shape index (κ1) is 19.4. The Hall–Kier alpha value is -2.62. The van der Waals surface area contributed by atoms with E-state index in [2.05, 4.69) is 5.32 Å². The van der Waals surface area contributed by atoms with E-state index in [4.69, 9.17) is 10.8 Å². The van der Waals surface area contributed by atoms with Crippen LogP contribution in [0.25, 0.3) is 0 Å². The molecule has 1 rings (SSSR count). The van der Waals surface area contributed by atoms with Gasteiger partial charge >= 0.3 is 5.97 Å². The topological polar surface area (TPSA) is 153 Å². The van der Waals surface area contributed by atoms with Crippen LogP contribution in [0.1, 0.15) is 30.1 Å². The van der Waals surface area contributed by atoms with Crippen LogP contribution < -0.4 is 11.1 Å². The van der Waals surface area contributed by atoms with E-state index in [0.717, 1.165) is 17.8 Å². The summed E-state index contributed by atoms with van der Waals surface area (Å²) in [5.74, 6) is -2.17. The lowest BCUT2D eigenvalue weighted by Gasteiger charge is -2.12. The van der Waals surface area contributed by atoms with Crippen molar-refractivity contribution in [2.24, 2.45) is 5.73 Å². The van der Waals surface area contributed by atoms with Crippen molar-refractivity contribution in [1.29, 1.82) is 0 Å². The normalized spacial score (nSPS) is 11.5. The van der Waals surface area contributed by atoms with Gasteiger partial charge in [-0.3, -0.25) is 24.5 Å². The summed E-state index contributed by atoms with van der Waals surface area (Å²) < 4.78 is 0. The lowest BCUT2D eigenvalue weighted by atomic mass is 10.2. The maximum atomic E-state index is 11.8. The first-order valence-corrected chi connectivity index (χ1v) is 7.91. The number of nitro benzene ring substituents is 1. The number of nitrogens with two attached hydrogens (primary N) is 1. The Kier molecular flexibility index (Phi) is 7.18. The van der Waals surface area contributed by atoms with Gasteiger partial charge in [0.1, 0.15) is 0 Å². The number of amides is 2. The van der Waals surface area contributed by atoms with E-state index in [0.29, 0.717) is 6.42 Å². The number of primary amides is 1. The quantitative estimate of drug-likeness (QED) is 0.341. The number of nitro groups is 1. The second kappa shape index (κ2) is 8.87.